The van der Waals surface area contributed by atoms with Crippen LogP contribution < -0.4 is 0 Å². The first-order valence-corrected chi connectivity index (χ1v) is 10.1. The Hall–Kier alpha value is -0.770. The largest absolute Gasteiger partial charge is 0.450 e. The van der Waals surface area contributed by atoms with Gasteiger partial charge in [0.15, 0.2) is 5.60 Å². The monoisotopic (exact) mass is 398 g/mol. The lowest BCUT2D eigenvalue weighted by atomic mass is 9.54. The second kappa shape index (κ2) is 4.45. The summed E-state index contributed by atoms with van der Waals surface area (Å²) in [6, 6.07) is 0. The average Bonchev–Trinajstić information content (AvgIpc) is 3.23. The first-order valence-electron chi connectivity index (χ1n) is 10.1. The van der Waals surface area contributed by atoms with E-state index in [9.17, 15) is 30.3 Å². The van der Waals surface area contributed by atoms with Gasteiger partial charge in [0.2, 0.25) is 5.60 Å². The molecule has 10 atom stereocenters. The molecule has 0 spiro atoms. The maximum atomic E-state index is 12.6. The number of aliphatic hydroxyl groups is 5. The predicted molar refractivity (Wildman–Crippen MR) is 93.9 cm³/mol. The first-order chi connectivity index (χ1) is 12.7. The molecule has 8 nitrogen and oxygen atoms in total. The third-order valence-electron chi connectivity index (χ3n) is 9.57. The molecule has 5 rings (SSSR count). The van der Waals surface area contributed by atoms with Gasteiger partial charge in [-0.1, -0.05) is 27.7 Å². The molecule has 2 saturated heterocycles. The lowest BCUT2D eigenvalue weighted by molar-refractivity contribution is -0.323. The number of hydrogen-bond donors (Lipinski definition) is 5. The molecule has 0 amide bonds. The predicted octanol–water partition coefficient (Wildman–Crippen LogP) is -0.766. The standard InChI is InChI=1S/C20H30O8/c1-9(2)17-13(23)18(25)14(4)8-11(21)27-19(20(18,26)15(17,5)28-17)12(22)10(3)6-7-16(14,19)24/h9-10,12-13,22-26H,6-8H2,1-5H3/t10-,12+,13-,14-,15+,16-,17+,18+,19+,20+/m0/s1. The summed E-state index contributed by atoms with van der Waals surface area (Å²) < 4.78 is 11.7. The number of ether oxygens (including phenoxy) is 2. The number of carbonyl (C=O) groups excluding carboxylic acids is 1. The van der Waals surface area contributed by atoms with Crippen LogP contribution in [0.3, 0.4) is 0 Å². The van der Waals surface area contributed by atoms with Gasteiger partial charge in [0.25, 0.3) is 0 Å². The van der Waals surface area contributed by atoms with Crippen LogP contribution in [0.1, 0.15) is 53.9 Å². The van der Waals surface area contributed by atoms with Crippen LogP contribution in [0.2, 0.25) is 0 Å². The van der Waals surface area contributed by atoms with E-state index in [1.165, 1.54) is 6.92 Å². The van der Waals surface area contributed by atoms with Crippen molar-refractivity contribution < 1.29 is 39.8 Å². The number of fused-ring (bicyclic) bond motifs is 4. The molecule has 2 bridgehead atoms. The van der Waals surface area contributed by atoms with E-state index in [2.05, 4.69) is 0 Å². The van der Waals surface area contributed by atoms with Crippen LogP contribution >= 0.6 is 0 Å². The Morgan fingerprint density at radius 3 is 2.32 bits per heavy atom. The molecule has 8 heteroatoms. The van der Waals surface area contributed by atoms with E-state index >= 15 is 0 Å². The Morgan fingerprint density at radius 1 is 1.14 bits per heavy atom. The summed E-state index contributed by atoms with van der Waals surface area (Å²) in [7, 11) is 0. The molecule has 5 N–H and O–H groups in total. The van der Waals surface area contributed by atoms with E-state index in [1.54, 1.807) is 13.8 Å². The highest BCUT2D eigenvalue weighted by Crippen LogP contribution is 2.85. The summed E-state index contributed by atoms with van der Waals surface area (Å²) in [5.41, 5.74) is -13.3. The van der Waals surface area contributed by atoms with E-state index in [4.69, 9.17) is 9.47 Å². The van der Waals surface area contributed by atoms with Gasteiger partial charge in [-0.15, -0.1) is 0 Å². The zero-order valence-electron chi connectivity index (χ0n) is 16.9. The van der Waals surface area contributed by atoms with Crippen LogP contribution in [0.15, 0.2) is 0 Å². The van der Waals surface area contributed by atoms with Crippen molar-refractivity contribution in [3.63, 3.8) is 0 Å². The second-order valence-corrected chi connectivity index (χ2v) is 10.5. The molecule has 2 aliphatic heterocycles. The number of esters is 1. The number of hydrogen-bond acceptors (Lipinski definition) is 8. The van der Waals surface area contributed by atoms with E-state index in [0.717, 1.165) is 0 Å². The highest BCUT2D eigenvalue weighted by Gasteiger charge is 3.07. The molecule has 3 saturated carbocycles. The molecule has 0 unspecified atom stereocenters. The Labute approximate surface area is 163 Å². The van der Waals surface area contributed by atoms with Crippen molar-refractivity contribution in [1.82, 2.24) is 0 Å². The zero-order chi connectivity index (χ0) is 20.9. The maximum absolute atomic E-state index is 12.6. The number of carbonyl (C=O) groups is 1. The number of aliphatic hydroxyl groups excluding tert-OH is 2. The minimum absolute atomic E-state index is 0.108. The average molecular weight is 398 g/mol. The molecule has 0 aromatic carbocycles. The van der Waals surface area contributed by atoms with Crippen LogP contribution in [0.5, 0.6) is 0 Å². The summed E-state index contributed by atoms with van der Waals surface area (Å²) in [5, 5.41) is 59.1. The Bertz CT molecular complexity index is 801. The fourth-order valence-corrected chi connectivity index (χ4v) is 8.12. The summed E-state index contributed by atoms with van der Waals surface area (Å²) >= 11 is 0. The topological polar surface area (TPSA) is 140 Å². The van der Waals surface area contributed by atoms with Crippen LogP contribution in [-0.4, -0.2) is 77.3 Å². The number of rotatable bonds is 1. The Balaban J connectivity index is 1.91. The molecule has 0 radical (unpaired) electrons. The summed E-state index contributed by atoms with van der Waals surface area (Å²) in [6.45, 7) is 8.45. The molecule has 5 fully saturated rings. The molecular formula is C20H30O8. The quantitative estimate of drug-likeness (QED) is 0.287. The highest BCUT2D eigenvalue weighted by atomic mass is 16.7. The van der Waals surface area contributed by atoms with Crippen molar-refractivity contribution in [2.45, 2.75) is 99.7 Å². The lowest BCUT2D eigenvalue weighted by Crippen LogP contribution is -2.80. The molecule has 0 aromatic rings. The molecular weight excluding hydrogens is 368 g/mol. The maximum Gasteiger partial charge on any atom is 0.307 e. The van der Waals surface area contributed by atoms with E-state index < -0.39 is 63.1 Å². The minimum Gasteiger partial charge on any atom is -0.450 e. The Morgan fingerprint density at radius 2 is 1.75 bits per heavy atom. The fraction of sp³-hybridized carbons (Fsp3) is 0.950. The van der Waals surface area contributed by atoms with Gasteiger partial charge in [0, 0.05) is 5.41 Å². The SMILES string of the molecule is CC(C)[C@]12O[C@@]1(C)[C@@]1(O)[C@@](O)([C@H]2O)[C@@]2(C)CC(=O)O[C@@]13[C@H](O)[C@@H](C)CC[C@]23O. The Kier molecular flexibility index (Phi) is 3.06. The van der Waals surface area contributed by atoms with Crippen molar-refractivity contribution in [3.05, 3.63) is 0 Å². The van der Waals surface area contributed by atoms with Gasteiger partial charge in [-0.3, -0.25) is 4.79 Å². The summed E-state index contributed by atoms with van der Waals surface area (Å²) in [6.07, 6.45) is -2.88. The van der Waals surface area contributed by atoms with Gasteiger partial charge in [-0.2, -0.15) is 0 Å². The summed E-state index contributed by atoms with van der Waals surface area (Å²) in [5.74, 6) is -1.42. The third kappa shape index (κ3) is 1.22. The smallest absolute Gasteiger partial charge is 0.307 e. The molecule has 2 heterocycles. The summed E-state index contributed by atoms with van der Waals surface area (Å²) in [4.78, 5) is 12.6. The van der Waals surface area contributed by atoms with E-state index in [0.29, 0.717) is 6.42 Å². The van der Waals surface area contributed by atoms with Crippen LogP contribution in [-0.2, 0) is 14.3 Å². The van der Waals surface area contributed by atoms with Gasteiger partial charge >= 0.3 is 5.97 Å². The van der Waals surface area contributed by atoms with Gasteiger partial charge in [-0.05, 0) is 31.6 Å². The molecule has 28 heavy (non-hydrogen) atoms. The number of epoxide rings is 1. The van der Waals surface area contributed by atoms with Crippen LogP contribution in [0.4, 0.5) is 0 Å². The highest BCUT2D eigenvalue weighted by molar-refractivity contribution is 5.77. The molecule has 158 valence electrons. The van der Waals surface area contributed by atoms with Crippen molar-refractivity contribution >= 4 is 5.97 Å². The minimum atomic E-state index is -2.40. The van der Waals surface area contributed by atoms with Crippen molar-refractivity contribution in [3.8, 4) is 0 Å². The first kappa shape index (κ1) is 19.2. The lowest BCUT2D eigenvalue weighted by Gasteiger charge is -2.59. The molecule has 0 aromatic heterocycles. The molecule has 3 aliphatic carbocycles. The van der Waals surface area contributed by atoms with Crippen molar-refractivity contribution in [2.24, 2.45) is 17.3 Å². The van der Waals surface area contributed by atoms with Gasteiger partial charge in [-0.25, -0.2) is 0 Å². The van der Waals surface area contributed by atoms with Gasteiger partial charge in [0.05, 0.1) is 6.42 Å². The zero-order valence-corrected chi connectivity index (χ0v) is 16.9. The van der Waals surface area contributed by atoms with Crippen LogP contribution in [0.25, 0.3) is 0 Å². The van der Waals surface area contributed by atoms with Crippen molar-refractivity contribution in [1.29, 1.82) is 0 Å². The molecule has 5 aliphatic rings. The normalized spacial score (nSPS) is 67.0. The van der Waals surface area contributed by atoms with E-state index in [1.807, 2.05) is 13.8 Å². The third-order valence-corrected chi connectivity index (χ3v) is 9.57. The van der Waals surface area contributed by atoms with Crippen molar-refractivity contribution in [2.75, 3.05) is 0 Å². The van der Waals surface area contributed by atoms with Gasteiger partial charge < -0.3 is 35.0 Å². The van der Waals surface area contributed by atoms with Crippen LogP contribution in [0, 0.1) is 17.3 Å². The van der Waals surface area contributed by atoms with Gasteiger partial charge in [0.1, 0.15) is 34.6 Å². The fourth-order valence-electron chi connectivity index (χ4n) is 8.12. The van der Waals surface area contributed by atoms with E-state index in [-0.39, 0.29) is 18.8 Å². The second-order valence-electron chi connectivity index (χ2n) is 10.5.